The molecule has 106 valence electrons. The van der Waals surface area contributed by atoms with Crippen LogP contribution in [0.4, 0.5) is 5.69 Å². The first-order chi connectivity index (χ1) is 9.35. The number of nitrogens with one attached hydrogen (secondary N) is 1. The smallest absolute Gasteiger partial charge is 0.311 e. The molecule has 2 N–H and O–H groups in total. The van der Waals surface area contributed by atoms with Crippen molar-refractivity contribution in [2.24, 2.45) is 5.41 Å². The Labute approximate surface area is 114 Å². The first-order valence-corrected chi connectivity index (χ1v) is 6.12. The van der Waals surface area contributed by atoms with Gasteiger partial charge >= 0.3 is 5.97 Å². The first-order valence-electron chi connectivity index (χ1n) is 6.12. The van der Waals surface area contributed by atoms with Crippen molar-refractivity contribution in [1.82, 2.24) is 5.32 Å². The van der Waals surface area contributed by atoms with E-state index in [1.807, 2.05) is 0 Å². The van der Waals surface area contributed by atoms with Gasteiger partial charge in [0.1, 0.15) is 0 Å². The van der Waals surface area contributed by atoms with Gasteiger partial charge in [0.2, 0.25) is 0 Å². The van der Waals surface area contributed by atoms with Gasteiger partial charge in [-0.15, -0.1) is 0 Å². The summed E-state index contributed by atoms with van der Waals surface area (Å²) in [7, 11) is 0. The zero-order valence-corrected chi connectivity index (χ0v) is 10.9. The molecule has 1 aromatic carbocycles. The second kappa shape index (κ2) is 4.92. The maximum absolute atomic E-state index is 11.9. The quantitative estimate of drug-likeness (QED) is 0.626. The lowest BCUT2D eigenvalue weighted by Crippen LogP contribution is -2.34. The highest BCUT2D eigenvalue weighted by Crippen LogP contribution is 2.45. The van der Waals surface area contributed by atoms with E-state index in [1.54, 1.807) is 6.92 Å². The van der Waals surface area contributed by atoms with Crippen LogP contribution in [0.25, 0.3) is 0 Å². The molecular weight excluding hydrogens is 264 g/mol. The normalized spacial score (nSPS) is 15.4. The maximum atomic E-state index is 11.9. The molecule has 0 spiro atoms. The number of carbonyl (C=O) groups excluding carboxylic acids is 1. The number of benzene rings is 1. The number of carboxylic acid groups (broad SMARTS) is 1. The predicted molar refractivity (Wildman–Crippen MR) is 69.5 cm³/mol. The zero-order chi connectivity index (χ0) is 14.9. The molecule has 0 radical (unpaired) electrons. The van der Waals surface area contributed by atoms with Crippen molar-refractivity contribution in [3.63, 3.8) is 0 Å². The molecule has 0 aliphatic heterocycles. The van der Waals surface area contributed by atoms with E-state index in [0.29, 0.717) is 18.4 Å². The van der Waals surface area contributed by atoms with E-state index in [4.69, 9.17) is 5.11 Å². The number of hydrogen-bond donors (Lipinski definition) is 2. The molecule has 1 fully saturated rings. The standard InChI is InChI=1S/C13H14N2O5/c1-8-6-9(2-3-10(8)15(19)20)11(16)14-7-13(4-5-13)12(17)18/h2-3,6H,4-5,7H2,1H3,(H,14,16)(H,17,18). The molecule has 1 saturated carbocycles. The molecule has 0 saturated heterocycles. The molecule has 0 heterocycles. The van der Waals surface area contributed by atoms with Gasteiger partial charge in [-0.1, -0.05) is 0 Å². The Morgan fingerprint density at radius 2 is 2.10 bits per heavy atom. The molecule has 1 aromatic rings. The van der Waals surface area contributed by atoms with Gasteiger partial charge in [0.15, 0.2) is 0 Å². The van der Waals surface area contributed by atoms with Gasteiger partial charge in [0, 0.05) is 23.7 Å². The van der Waals surface area contributed by atoms with Crippen LogP contribution in [0.2, 0.25) is 0 Å². The van der Waals surface area contributed by atoms with Crippen molar-refractivity contribution in [1.29, 1.82) is 0 Å². The predicted octanol–water partition coefficient (Wildman–Crippen LogP) is 1.50. The summed E-state index contributed by atoms with van der Waals surface area (Å²) >= 11 is 0. The van der Waals surface area contributed by atoms with E-state index in [-0.39, 0.29) is 17.8 Å². The summed E-state index contributed by atoms with van der Waals surface area (Å²) in [6.45, 7) is 1.63. The summed E-state index contributed by atoms with van der Waals surface area (Å²) in [5.41, 5.74) is -0.201. The van der Waals surface area contributed by atoms with Gasteiger partial charge in [-0.25, -0.2) is 0 Å². The minimum atomic E-state index is -0.905. The summed E-state index contributed by atoms with van der Waals surface area (Å²) < 4.78 is 0. The highest BCUT2D eigenvalue weighted by molar-refractivity contribution is 5.95. The van der Waals surface area contributed by atoms with Crippen molar-refractivity contribution in [2.45, 2.75) is 19.8 Å². The van der Waals surface area contributed by atoms with Crippen LogP contribution in [-0.2, 0) is 4.79 Å². The summed E-state index contributed by atoms with van der Waals surface area (Å²) in [5, 5.41) is 22.3. The lowest BCUT2D eigenvalue weighted by molar-refractivity contribution is -0.385. The van der Waals surface area contributed by atoms with Crippen LogP contribution in [-0.4, -0.2) is 28.5 Å². The third-order valence-electron chi connectivity index (χ3n) is 3.55. The molecule has 1 amide bonds. The lowest BCUT2D eigenvalue weighted by Gasteiger charge is -2.11. The van der Waals surface area contributed by atoms with Gasteiger partial charge in [0.25, 0.3) is 11.6 Å². The van der Waals surface area contributed by atoms with Crippen LogP contribution in [0.3, 0.4) is 0 Å². The number of nitro groups is 1. The maximum Gasteiger partial charge on any atom is 0.311 e. The summed E-state index contributed by atoms with van der Waals surface area (Å²) in [5.74, 6) is -1.33. The number of nitrogens with zero attached hydrogens (tertiary/aromatic N) is 1. The number of hydrogen-bond acceptors (Lipinski definition) is 4. The highest BCUT2D eigenvalue weighted by atomic mass is 16.6. The monoisotopic (exact) mass is 278 g/mol. The number of aliphatic carboxylic acids is 1. The fourth-order valence-corrected chi connectivity index (χ4v) is 1.97. The number of amides is 1. The Balaban J connectivity index is 2.05. The van der Waals surface area contributed by atoms with Crippen LogP contribution < -0.4 is 5.32 Å². The zero-order valence-electron chi connectivity index (χ0n) is 10.9. The minimum absolute atomic E-state index is 0.0502. The van der Waals surface area contributed by atoms with E-state index in [0.717, 1.165) is 0 Å². The average molecular weight is 278 g/mol. The van der Waals surface area contributed by atoms with Gasteiger partial charge in [-0.05, 0) is 31.9 Å². The molecule has 0 unspecified atom stereocenters. The van der Waals surface area contributed by atoms with Gasteiger partial charge in [-0.2, -0.15) is 0 Å². The van der Waals surface area contributed by atoms with E-state index < -0.39 is 22.2 Å². The fourth-order valence-electron chi connectivity index (χ4n) is 1.97. The molecule has 1 aliphatic carbocycles. The van der Waals surface area contributed by atoms with Crippen LogP contribution >= 0.6 is 0 Å². The third kappa shape index (κ3) is 2.61. The molecule has 0 aromatic heterocycles. The Bertz CT molecular complexity index is 592. The molecule has 0 bridgehead atoms. The first kappa shape index (κ1) is 14.0. The second-order valence-corrected chi connectivity index (χ2v) is 5.03. The van der Waals surface area contributed by atoms with Crippen LogP contribution in [0.1, 0.15) is 28.8 Å². The molecule has 1 aliphatic rings. The molecular formula is C13H14N2O5. The fraction of sp³-hybridized carbons (Fsp3) is 0.385. The van der Waals surface area contributed by atoms with E-state index in [1.165, 1.54) is 18.2 Å². The van der Waals surface area contributed by atoms with Gasteiger partial charge in [0.05, 0.1) is 10.3 Å². The number of carbonyl (C=O) groups is 2. The third-order valence-corrected chi connectivity index (χ3v) is 3.55. The summed E-state index contributed by atoms with van der Waals surface area (Å²) in [6.07, 6.45) is 1.11. The molecule has 0 atom stereocenters. The second-order valence-electron chi connectivity index (χ2n) is 5.03. The van der Waals surface area contributed by atoms with Crippen LogP contribution in [0.15, 0.2) is 18.2 Å². The summed E-state index contributed by atoms with van der Waals surface area (Å²) in [4.78, 5) is 33.1. The number of carboxylic acids is 1. The van der Waals surface area contributed by atoms with E-state index in [2.05, 4.69) is 5.32 Å². The number of aryl methyl sites for hydroxylation is 1. The van der Waals surface area contributed by atoms with Crippen molar-refractivity contribution in [3.8, 4) is 0 Å². The lowest BCUT2D eigenvalue weighted by atomic mass is 10.1. The Kier molecular flexibility index (Phi) is 3.44. The summed E-state index contributed by atoms with van der Waals surface area (Å²) in [6, 6.07) is 4.06. The van der Waals surface area contributed by atoms with Gasteiger partial charge in [-0.3, -0.25) is 19.7 Å². The van der Waals surface area contributed by atoms with E-state index >= 15 is 0 Å². The highest BCUT2D eigenvalue weighted by Gasteiger charge is 2.50. The average Bonchev–Trinajstić information content (AvgIpc) is 3.16. The van der Waals surface area contributed by atoms with E-state index in [9.17, 15) is 19.7 Å². The van der Waals surface area contributed by atoms with Crippen molar-refractivity contribution in [3.05, 3.63) is 39.4 Å². The molecule has 7 nitrogen and oxygen atoms in total. The van der Waals surface area contributed by atoms with Gasteiger partial charge < -0.3 is 10.4 Å². The van der Waals surface area contributed by atoms with Crippen molar-refractivity contribution in [2.75, 3.05) is 6.54 Å². The molecule has 2 rings (SSSR count). The number of nitro benzene ring substituents is 1. The SMILES string of the molecule is Cc1cc(C(=O)NCC2(C(=O)O)CC2)ccc1[N+](=O)[O-]. The Morgan fingerprint density at radius 1 is 1.45 bits per heavy atom. The molecule has 20 heavy (non-hydrogen) atoms. The minimum Gasteiger partial charge on any atom is -0.481 e. The largest absolute Gasteiger partial charge is 0.481 e. The Hall–Kier alpha value is -2.44. The van der Waals surface area contributed by atoms with Crippen LogP contribution in [0.5, 0.6) is 0 Å². The topological polar surface area (TPSA) is 110 Å². The van der Waals surface area contributed by atoms with Crippen molar-refractivity contribution >= 4 is 17.6 Å². The Morgan fingerprint density at radius 3 is 2.55 bits per heavy atom. The number of rotatable bonds is 5. The van der Waals surface area contributed by atoms with Crippen molar-refractivity contribution < 1.29 is 19.6 Å². The molecule has 7 heteroatoms. The van der Waals surface area contributed by atoms with Crippen LogP contribution in [0, 0.1) is 22.5 Å².